The molecule has 14 heteroatoms. The van der Waals surface area contributed by atoms with Crippen LogP contribution in [0.2, 0.25) is 0 Å². The summed E-state index contributed by atoms with van der Waals surface area (Å²) in [5, 5.41) is 5.27. The number of imidazole rings is 2. The van der Waals surface area contributed by atoms with Crippen LogP contribution in [0.1, 0.15) is 51.7 Å². The van der Waals surface area contributed by atoms with Crippen molar-refractivity contribution in [2.45, 2.75) is 65.2 Å². The van der Waals surface area contributed by atoms with Gasteiger partial charge in [0.05, 0.1) is 51.1 Å². The van der Waals surface area contributed by atoms with Gasteiger partial charge in [-0.15, -0.1) is 0 Å². The second kappa shape index (κ2) is 16.8. The Morgan fingerprint density at radius 1 is 0.882 bits per heavy atom. The Kier molecular flexibility index (Phi) is 12.1. The number of benzene rings is 2. The third kappa shape index (κ3) is 9.12. The normalized spacial score (nSPS) is 15.0. The minimum absolute atomic E-state index is 0.118. The van der Waals surface area contributed by atoms with Crippen molar-refractivity contribution in [3.05, 3.63) is 72.6 Å². The lowest BCUT2D eigenvalue weighted by atomic mass is 10.0. The Labute approximate surface area is 297 Å². The number of nitrogens with zero attached hydrogens (tertiary/aromatic N) is 4. The quantitative estimate of drug-likeness (QED) is 0.149. The number of hydrogen-bond acceptors (Lipinski definition) is 8. The lowest BCUT2D eigenvalue weighted by molar-refractivity contribution is -0.136. The molecule has 0 unspecified atom stereocenters. The van der Waals surface area contributed by atoms with Crippen molar-refractivity contribution < 1.29 is 28.7 Å². The lowest BCUT2D eigenvalue weighted by Crippen LogP contribution is -2.51. The minimum Gasteiger partial charge on any atom is -0.453 e. The van der Waals surface area contributed by atoms with Crippen molar-refractivity contribution in [2.75, 3.05) is 27.3 Å². The molecule has 0 spiro atoms. The van der Waals surface area contributed by atoms with Crippen LogP contribution in [0.3, 0.4) is 0 Å². The molecule has 0 saturated carbocycles. The van der Waals surface area contributed by atoms with Gasteiger partial charge in [0, 0.05) is 13.1 Å². The molecule has 4 amide bonds. The highest BCUT2D eigenvalue weighted by Gasteiger charge is 2.31. The molecule has 1 aliphatic rings. The molecule has 1 aliphatic heterocycles. The summed E-state index contributed by atoms with van der Waals surface area (Å²) < 4.78 is 9.37. The molecule has 0 radical (unpaired) electrons. The van der Waals surface area contributed by atoms with E-state index in [0.717, 1.165) is 46.5 Å². The molecule has 1 saturated heterocycles. The second-order valence-electron chi connectivity index (χ2n) is 12.8. The Hall–Kier alpha value is -5.66. The summed E-state index contributed by atoms with van der Waals surface area (Å²) in [7, 11) is 2.56. The van der Waals surface area contributed by atoms with Gasteiger partial charge in [0.1, 0.15) is 23.7 Å². The number of hydrogen-bond donors (Lipinski definition) is 4. The zero-order valence-corrected chi connectivity index (χ0v) is 29.7. The van der Waals surface area contributed by atoms with E-state index in [9.17, 15) is 19.2 Å². The number of rotatable bonds is 13. The highest BCUT2D eigenvalue weighted by Crippen LogP contribution is 2.27. The van der Waals surface area contributed by atoms with E-state index in [1.165, 1.54) is 14.2 Å². The molecule has 2 atom stereocenters. The van der Waals surface area contributed by atoms with Gasteiger partial charge >= 0.3 is 12.2 Å². The molecule has 270 valence electrons. The Balaban J connectivity index is 1.20. The minimum atomic E-state index is -0.707. The van der Waals surface area contributed by atoms with E-state index in [2.05, 4.69) is 59.6 Å². The van der Waals surface area contributed by atoms with Crippen molar-refractivity contribution >= 4 is 24.0 Å². The van der Waals surface area contributed by atoms with Gasteiger partial charge in [-0.3, -0.25) is 9.59 Å². The first-order valence-electron chi connectivity index (χ1n) is 17.2. The van der Waals surface area contributed by atoms with Crippen LogP contribution in [0.15, 0.2) is 60.9 Å². The Morgan fingerprint density at radius 3 is 1.98 bits per heavy atom. The number of methoxy groups -OCH3 is 2. The maximum atomic E-state index is 13.4. The van der Waals surface area contributed by atoms with Crippen LogP contribution in [-0.2, 0) is 32.2 Å². The van der Waals surface area contributed by atoms with Gasteiger partial charge in [0.15, 0.2) is 0 Å². The van der Waals surface area contributed by atoms with Crippen molar-refractivity contribution in [1.29, 1.82) is 0 Å². The van der Waals surface area contributed by atoms with Gasteiger partial charge in [-0.1, -0.05) is 69.3 Å². The van der Waals surface area contributed by atoms with Gasteiger partial charge in [-0.05, 0) is 47.4 Å². The Bertz CT molecular complexity index is 1800. The SMILES string of the molecule is CCCN(Cc1ncc(-c2ccc(-c3ccc(-c4cnc(CN5CCC[C@@H](NC(=O)OC)C5=O)[nH]4)cc3)cc2)[nH]1)C(=O)[C@@H](NC(=O)OC)C(C)C. The molecule has 2 aromatic heterocycles. The average molecular weight is 699 g/mol. The fourth-order valence-corrected chi connectivity index (χ4v) is 6.09. The van der Waals surface area contributed by atoms with Crippen molar-refractivity contribution in [3.63, 3.8) is 0 Å². The molecule has 5 rings (SSSR count). The number of carbonyl (C=O) groups excluding carboxylic acids is 4. The predicted octanol–water partition coefficient (Wildman–Crippen LogP) is 5.10. The summed E-state index contributed by atoms with van der Waals surface area (Å²) in [6.45, 7) is 7.49. The number of amides is 4. The third-order valence-electron chi connectivity index (χ3n) is 8.87. The molecule has 1 fully saturated rings. The van der Waals surface area contributed by atoms with E-state index >= 15 is 0 Å². The monoisotopic (exact) mass is 698 g/mol. The number of piperidine rings is 1. The van der Waals surface area contributed by atoms with Crippen LogP contribution in [-0.4, -0.2) is 93.1 Å². The van der Waals surface area contributed by atoms with Crippen molar-refractivity contribution in [3.8, 4) is 33.6 Å². The highest BCUT2D eigenvalue weighted by molar-refractivity contribution is 5.87. The fourth-order valence-electron chi connectivity index (χ4n) is 6.09. The van der Waals surface area contributed by atoms with Crippen molar-refractivity contribution in [2.24, 2.45) is 5.92 Å². The number of H-pyrrole nitrogens is 2. The maximum Gasteiger partial charge on any atom is 0.407 e. The zero-order chi connectivity index (χ0) is 36.5. The fraction of sp³-hybridized carbons (Fsp3) is 0.405. The second-order valence-corrected chi connectivity index (χ2v) is 12.8. The summed E-state index contributed by atoms with van der Waals surface area (Å²) in [6, 6.07) is 15.0. The molecule has 14 nitrogen and oxygen atoms in total. The lowest BCUT2D eigenvalue weighted by Gasteiger charge is -2.31. The van der Waals surface area contributed by atoms with E-state index in [1.54, 1.807) is 22.2 Å². The summed E-state index contributed by atoms with van der Waals surface area (Å²) in [5.41, 5.74) is 5.69. The van der Waals surface area contributed by atoms with Crippen LogP contribution in [0.4, 0.5) is 9.59 Å². The summed E-state index contributed by atoms with van der Waals surface area (Å²) >= 11 is 0. The third-order valence-corrected chi connectivity index (χ3v) is 8.87. The van der Waals surface area contributed by atoms with E-state index in [-0.39, 0.29) is 24.3 Å². The molecular weight excluding hydrogens is 652 g/mol. The number of ether oxygens (including phenoxy) is 2. The number of aromatic nitrogens is 4. The topological polar surface area (TPSA) is 175 Å². The van der Waals surface area contributed by atoms with Crippen LogP contribution >= 0.6 is 0 Å². The molecule has 4 aromatic rings. The van der Waals surface area contributed by atoms with Crippen LogP contribution in [0.25, 0.3) is 33.6 Å². The van der Waals surface area contributed by atoms with E-state index in [0.29, 0.717) is 37.7 Å². The predicted molar refractivity (Wildman–Crippen MR) is 191 cm³/mol. The first-order chi connectivity index (χ1) is 24.6. The molecule has 4 N–H and O–H groups in total. The van der Waals surface area contributed by atoms with Gasteiger partial charge in [0.25, 0.3) is 0 Å². The Morgan fingerprint density at radius 2 is 1.43 bits per heavy atom. The van der Waals surface area contributed by atoms with Crippen LogP contribution in [0, 0.1) is 5.92 Å². The van der Waals surface area contributed by atoms with Crippen molar-refractivity contribution in [1.82, 2.24) is 40.4 Å². The summed E-state index contributed by atoms with van der Waals surface area (Å²) in [5.74, 6) is 0.865. The summed E-state index contributed by atoms with van der Waals surface area (Å²) in [6.07, 6.45) is 4.38. The molecule has 3 heterocycles. The van der Waals surface area contributed by atoms with Crippen LogP contribution < -0.4 is 10.6 Å². The van der Waals surface area contributed by atoms with Crippen LogP contribution in [0.5, 0.6) is 0 Å². The van der Waals surface area contributed by atoms with E-state index < -0.39 is 24.3 Å². The van der Waals surface area contributed by atoms with E-state index in [4.69, 9.17) is 4.74 Å². The molecular formula is C37H46N8O6. The number of alkyl carbamates (subject to hydrolysis) is 2. The molecule has 0 bridgehead atoms. The molecule has 2 aromatic carbocycles. The highest BCUT2D eigenvalue weighted by atomic mass is 16.5. The number of nitrogens with one attached hydrogen (secondary N) is 4. The number of aromatic amines is 2. The average Bonchev–Trinajstić information content (AvgIpc) is 3.82. The first-order valence-corrected chi connectivity index (χ1v) is 17.2. The molecule has 51 heavy (non-hydrogen) atoms. The summed E-state index contributed by atoms with van der Waals surface area (Å²) in [4.78, 5) is 68.9. The van der Waals surface area contributed by atoms with E-state index in [1.807, 2.05) is 45.0 Å². The molecule has 0 aliphatic carbocycles. The smallest absolute Gasteiger partial charge is 0.407 e. The standard InChI is InChI=1S/C37H46N8O6/c1-6-17-44(35(47)33(23(2)3)43-37(49)51-5)21-31-38-19-29(40-31)26-13-9-24(10-14-26)25-11-15-27(16-12-25)30-20-39-32(41-30)22-45-18-7-8-28(34(45)46)42-36(48)50-4/h9-16,19-20,23,28,33H,6-8,17-18,21-22H2,1-5H3,(H,38,40)(H,39,41)(H,42,48)(H,43,49)/t28-,33+/m1/s1. The largest absolute Gasteiger partial charge is 0.453 e. The number of likely N-dealkylation sites (tertiary alicyclic amines) is 1. The van der Waals surface area contributed by atoms with Gasteiger partial charge in [-0.25, -0.2) is 19.6 Å². The number of carbonyl (C=O) groups is 4. The zero-order valence-electron chi connectivity index (χ0n) is 29.7. The van der Waals surface area contributed by atoms with Gasteiger partial charge in [-0.2, -0.15) is 0 Å². The maximum absolute atomic E-state index is 13.4. The first kappa shape index (κ1) is 36.6. The van der Waals surface area contributed by atoms with Gasteiger partial charge in [0.2, 0.25) is 11.8 Å². The van der Waals surface area contributed by atoms with Gasteiger partial charge < -0.3 is 39.9 Å².